The number of rotatable bonds is 7. The molecule has 1 amide bonds. The molecule has 1 aliphatic rings. The summed E-state index contributed by atoms with van der Waals surface area (Å²) in [4.78, 5) is 39.5. The highest BCUT2D eigenvalue weighted by Gasteiger charge is 2.45. The minimum atomic E-state index is -0.760. The number of likely N-dealkylation sites (tertiary alicyclic amines) is 1. The van der Waals surface area contributed by atoms with E-state index in [9.17, 15) is 24.8 Å². The van der Waals surface area contributed by atoms with Crippen LogP contribution in [0, 0.1) is 10.1 Å². The topological polar surface area (TPSA) is 104 Å². The van der Waals surface area contributed by atoms with Gasteiger partial charge in [0.05, 0.1) is 16.5 Å². The van der Waals surface area contributed by atoms with E-state index in [1.54, 1.807) is 24.3 Å². The van der Waals surface area contributed by atoms with Gasteiger partial charge >= 0.3 is 0 Å². The third-order valence-corrected chi connectivity index (χ3v) is 5.01. The first-order valence-corrected chi connectivity index (χ1v) is 9.54. The first-order valence-electron chi connectivity index (χ1n) is 9.54. The number of aliphatic hydroxyl groups is 1. The van der Waals surface area contributed by atoms with Gasteiger partial charge in [0.2, 0.25) is 0 Å². The van der Waals surface area contributed by atoms with E-state index >= 15 is 0 Å². The van der Waals surface area contributed by atoms with Gasteiger partial charge in [-0.1, -0.05) is 30.3 Å². The highest BCUT2D eigenvalue weighted by molar-refractivity contribution is 6.46. The quantitative estimate of drug-likeness (QED) is 0.248. The van der Waals surface area contributed by atoms with Gasteiger partial charge < -0.3 is 14.9 Å². The average molecular weight is 409 g/mol. The van der Waals surface area contributed by atoms with Gasteiger partial charge in [0.1, 0.15) is 5.76 Å². The number of hydrogen-bond acceptors (Lipinski definition) is 6. The summed E-state index contributed by atoms with van der Waals surface area (Å²) in [7, 11) is 3.86. The Morgan fingerprint density at radius 1 is 1.10 bits per heavy atom. The summed E-state index contributed by atoms with van der Waals surface area (Å²) in [6.45, 7) is 1.10. The van der Waals surface area contributed by atoms with Crippen LogP contribution < -0.4 is 0 Å². The molecule has 0 saturated carbocycles. The number of hydrogen-bond donors (Lipinski definition) is 1. The number of amides is 1. The molecule has 1 saturated heterocycles. The molecule has 1 heterocycles. The van der Waals surface area contributed by atoms with Crippen molar-refractivity contribution < 1.29 is 19.6 Å². The summed E-state index contributed by atoms with van der Waals surface area (Å²) in [6, 6.07) is 13.6. The second-order valence-corrected chi connectivity index (χ2v) is 7.36. The summed E-state index contributed by atoms with van der Waals surface area (Å²) in [5, 5.41) is 21.8. The van der Waals surface area contributed by atoms with Crippen LogP contribution >= 0.6 is 0 Å². The standard InChI is InChI=1S/C22H23N3O5/c1-23(2)13-6-14-24-19(15-7-4-3-5-8-15)18(21(27)22(24)28)20(26)16-9-11-17(12-10-16)25(29)30/h3-5,7-12,19,26H,6,13-14H2,1-2H3/b20-18-. The van der Waals surface area contributed by atoms with Crippen molar-refractivity contribution in [1.29, 1.82) is 0 Å². The number of carbonyl (C=O) groups excluding carboxylic acids is 2. The Morgan fingerprint density at radius 3 is 2.30 bits per heavy atom. The monoisotopic (exact) mass is 409 g/mol. The molecule has 156 valence electrons. The van der Waals surface area contributed by atoms with E-state index in [1.165, 1.54) is 29.2 Å². The lowest BCUT2D eigenvalue weighted by Crippen LogP contribution is -2.32. The van der Waals surface area contributed by atoms with E-state index in [-0.39, 0.29) is 22.6 Å². The van der Waals surface area contributed by atoms with E-state index < -0.39 is 22.7 Å². The molecule has 1 fully saturated rings. The Morgan fingerprint density at radius 2 is 1.73 bits per heavy atom. The van der Waals surface area contributed by atoms with E-state index in [1.807, 2.05) is 25.1 Å². The van der Waals surface area contributed by atoms with Crippen LogP contribution in [0.4, 0.5) is 5.69 Å². The van der Waals surface area contributed by atoms with Crippen LogP contribution in [-0.4, -0.2) is 58.7 Å². The molecule has 2 aromatic rings. The minimum absolute atomic E-state index is 0.00935. The Labute approximate surface area is 174 Å². The minimum Gasteiger partial charge on any atom is -0.507 e. The van der Waals surface area contributed by atoms with E-state index in [2.05, 4.69) is 0 Å². The van der Waals surface area contributed by atoms with E-state index in [0.29, 0.717) is 18.5 Å². The molecule has 8 nitrogen and oxygen atoms in total. The molecule has 1 aliphatic heterocycles. The van der Waals surface area contributed by atoms with E-state index in [4.69, 9.17) is 0 Å². The lowest BCUT2D eigenvalue weighted by atomic mass is 9.95. The summed E-state index contributed by atoms with van der Waals surface area (Å²) in [6.07, 6.45) is 0.668. The van der Waals surface area contributed by atoms with Crippen LogP contribution in [-0.2, 0) is 9.59 Å². The summed E-state index contributed by atoms with van der Waals surface area (Å²) in [5.41, 5.74) is 0.818. The summed E-state index contributed by atoms with van der Waals surface area (Å²) in [5.74, 6) is -1.76. The molecule has 2 aromatic carbocycles. The number of aliphatic hydroxyl groups excluding tert-OH is 1. The van der Waals surface area contributed by atoms with Crippen molar-refractivity contribution in [2.24, 2.45) is 0 Å². The third kappa shape index (κ3) is 4.23. The van der Waals surface area contributed by atoms with E-state index in [0.717, 1.165) is 6.54 Å². The lowest BCUT2D eigenvalue weighted by molar-refractivity contribution is -0.384. The fourth-order valence-corrected chi connectivity index (χ4v) is 3.55. The van der Waals surface area contributed by atoms with Gasteiger partial charge in [0.25, 0.3) is 17.4 Å². The van der Waals surface area contributed by atoms with Gasteiger partial charge in [-0.05, 0) is 44.8 Å². The Bertz CT molecular complexity index is 984. The van der Waals surface area contributed by atoms with Gasteiger partial charge in [-0.2, -0.15) is 0 Å². The van der Waals surface area contributed by atoms with Crippen LogP contribution in [0.2, 0.25) is 0 Å². The molecular formula is C22H23N3O5. The van der Waals surface area contributed by atoms with Crippen LogP contribution in [0.25, 0.3) is 5.76 Å². The number of benzene rings is 2. The smallest absolute Gasteiger partial charge is 0.295 e. The van der Waals surface area contributed by atoms with Crippen molar-refractivity contribution in [3.05, 3.63) is 81.4 Å². The van der Waals surface area contributed by atoms with Crippen LogP contribution in [0.5, 0.6) is 0 Å². The number of ketones is 1. The molecule has 0 aromatic heterocycles. The molecule has 0 bridgehead atoms. The Hall–Kier alpha value is -3.52. The fourth-order valence-electron chi connectivity index (χ4n) is 3.55. The van der Waals surface area contributed by atoms with Gasteiger partial charge in [0, 0.05) is 24.2 Å². The number of nitro benzene ring substituents is 1. The zero-order valence-corrected chi connectivity index (χ0v) is 16.8. The van der Waals surface area contributed by atoms with Crippen molar-refractivity contribution in [3.8, 4) is 0 Å². The lowest BCUT2D eigenvalue weighted by Gasteiger charge is -2.26. The molecule has 1 atom stereocenters. The number of carbonyl (C=O) groups is 2. The maximum Gasteiger partial charge on any atom is 0.295 e. The van der Waals surface area contributed by atoms with Crippen molar-refractivity contribution in [1.82, 2.24) is 9.80 Å². The maximum atomic E-state index is 12.9. The maximum absolute atomic E-state index is 12.9. The fraction of sp³-hybridized carbons (Fsp3) is 0.273. The number of nitro groups is 1. The molecule has 1 unspecified atom stereocenters. The van der Waals surface area contributed by atoms with Gasteiger partial charge in [0.15, 0.2) is 0 Å². The third-order valence-electron chi connectivity index (χ3n) is 5.01. The largest absolute Gasteiger partial charge is 0.507 e. The Kier molecular flexibility index (Phi) is 6.27. The van der Waals surface area contributed by atoms with Crippen LogP contribution in [0.15, 0.2) is 60.2 Å². The summed E-state index contributed by atoms with van der Waals surface area (Å²) >= 11 is 0. The number of nitrogens with zero attached hydrogens (tertiary/aromatic N) is 3. The molecule has 0 radical (unpaired) electrons. The number of Topliss-reactive ketones (excluding diaryl/α,β-unsaturated/α-hetero) is 1. The molecule has 8 heteroatoms. The highest BCUT2D eigenvalue weighted by atomic mass is 16.6. The first-order chi connectivity index (χ1) is 14.3. The highest BCUT2D eigenvalue weighted by Crippen LogP contribution is 2.39. The van der Waals surface area contributed by atoms with Gasteiger partial charge in [-0.15, -0.1) is 0 Å². The van der Waals surface area contributed by atoms with Crippen LogP contribution in [0.3, 0.4) is 0 Å². The number of non-ortho nitro benzene ring substituents is 1. The first kappa shape index (κ1) is 21.2. The predicted molar refractivity (Wildman–Crippen MR) is 112 cm³/mol. The van der Waals surface area contributed by atoms with Crippen molar-refractivity contribution in [2.45, 2.75) is 12.5 Å². The van der Waals surface area contributed by atoms with Crippen molar-refractivity contribution in [3.63, 3.8) is 0 Å². The normalized spacial score (nSPS) is 18.2. The second kappa shape index (κ2) is 8.87. The Balaban J connectivity index is 2.05. The zero-order chi connectivity index (χ0) is 21.8. The summed E-state index contributed by atoms with van der Waals surface area (Å²) < 4.78 is 0. The average Bonchev–Trinajstić information content (AvgIpc) is 2.98. The van der Waals surface area contributed by atoms with Gasteiger partial charge in [-0.3, -0.25) is 19.7 Å². The van der Waals surface area contributed by atoms with Crippen molar-refractivity contribution >= 4 is 23.1 Å². The van der Waals surface area contributed by atoms with Crippen molar-refractivity contribution in [2.75, 3.05) is 27.2 Å². The molecule has 30 heavy (non-hydrogen) atoms. The molecular weight excluding hydrogens is 386 g/mol. The molecule has 3 rings (SSSR count). The molecule has 0 spiro atoms. The zero-order valence-electron chi connectivity index (χ0n) is 16.8. The SMILES string of the molecule is CN(C)CCCN1C(=O)C(=O)/C(=C(\O)c2ccc([N+](=O)[O-])cc2)C1c1ccccc1. The predicted octanol–water partition coefficient (Wildman–Crippen LogP) is 2.97. The van der Waals surface area contributed by atoms with Gasteiger partial charge in [-0.25, -0.2) is 0 Å². The molecule has 1 N–H and O–H groups in total. The molecule has 0 aliphatic carbocycles. The second-order valence-electron chi connectivity index (χ2n) is 7.36. The van der Waals surface area contributed by atoms with Crippen LogP contribution in [0.1, 0.15) is 23.6 Å².